The molecule has 2 aromatic carbocycles. The number of ether oxygens (including phenoxy) is 4. The second kappa shape index (κ2) is 8.17. The minimum Gasteiger partial charge on any atom is -0.497 e. The second-order valence-corrected chi connectivity index (χ2v) is 6.44. The van der Waals surface area contributed by atoms with E-state index in [2.05, 4.69) is 0 Å². The average molecular weight is 382 g/mol. The Kier molecular flexibility index (Phi) is 5.68. The highest BCUT2D eigenvalue weighted by Gasteiger charge is 2.29. The third kappa shape index (κ3) is 4.01. The lowest BCUT2D eigenvalue weighted by Gasteiger charge is -2.13. The van der Waals surface area contributed by atoms with Crippen molar-refractivity contribution in [2.24, 2.45) is 0 Å². The first kappa shape index (κ1) is 19.5. The Morgan fingerprint density at radius 3 is 2.64 bits per heavy atom. The van der Waals surface area contributed by atoms with Crippen LogP contribution in [0.5, 0.6) is 17.2 Å². The van der Waals surface area contributed by atoms with Crippen LogP contribution in [0.25, 0.3) is 6.08 Å². The van der Waals surface area contributed by atoms with E-state index in [-0.39, 0.29) is 24.3 Å². The lowest BCUT2D eigenvalue weighted by atomic mass is 10.1. The molecule has 6 nitrogen and oxygen atoms in total. The van der Waals surface area contributed by atoms with Gasteiger partial charge in [0.25, 0.3) is 0 Å². The summed E-state index contributed by atoms with van der Waals surface area (Å²) in [5, 5.41) is 0. The molecule has 0 unspecified atom stereocenters. The molecule has 2 aromatic rings. The molecular formula is C22H22O6. The first-order valence-electron chi connectivity index (χ1n) is 9.03. The molecule has 1 aliphatic rings. The first-order valence-corrected chi connectivity index (χ1v) is 9.03. The summed E-state index contributed by atoms with van der Waals surface area (Å²) in [5.41, 5.74) is 1.30. The number of Topliss-reactive ketones (excluding diaryl/α,β-unsaturated/α-hetero) is 1. The van der Waals surface area contributed by atoms with Gasteiger partial charge in [0.2, 0.25) is 5.78 Å². The van der Waals surface area contributed by atoms with Crippen LogP contribution in [0.4, 0.5) is 0 Å². The summed E-state index contributed by atoms with van der Waals surface area (Å²) in [5.74, 6) is 1.02. The fraction of sp³-hybridized carbons (Fsp3) is 0.273. The van der Waals surface area contributed by atoms with E-state index in [1.54, 1.807) is 50.4 Å². The Balaban J connectivity index is 1.96. The van der Waals surface area contributed by atoms with Gasteiger partial charge in [0.1, 0.15) is 17.2 Å². The Labute approximate surface area is 163 Å². The fourth-order valence-electron chi connectivity index (χ4n) is 2.80. The van der Waals surface area contributed by atoms with Gasteiger partial charge in [-0.3, -0.25) is 4.79 Å². The molecule has 0 N–H and O–H groups in total. The molecule has 3 rings (SSSR count). The van der Waals surface area contributed by atoms with Crippen molar-refractivity contribution in [3.63, 3.8) is 0 Å². The quantitative estimate of drug-likeness (QED) is 0.549. The van der Waals surface area contributed by atoms with E-state index in [1.807, 2.05) is 13.8 Å². The molecule has 0 fully saturated rings. The monoisotopic (exact) mass is 382 g/mol. The van der Waals surface area contributed by atoms with E-state index in [1.165, 1.54) is 6.07 Å². The van der Waals surface area contributed by atoms with E-state index >= 15 is 0 Å². The summed E-state index contributed by atoms with van der Waals surface area (Å²) in [7, 11) is 1.57. The number of benzene rings is 2. The van der Waals surface area contributed by atoms with Crippen LogP contribution in [-0.2, 0) is 4.74 Å². The SMILES string of the molecule is CCOC(=O)c1ccc2c(c1)C(=O)C(=Cc1cc(OC)ccc1OC(C)C)O2. The third-order valence-corrected chi connectivity index (χ3v) is 4.05. The average Bonchev–Trinajstić information content (AvgIpc) is 2.98. The van der Waals surface area contributed by atoms with Gasteiger partial charge in [-0.1, -0.05) is 0 Å². The number of methoxy groups -OCH3 is 1. The maximum absolute atomic E-state index is 12.8. The number of hydrogen-bond acceptors (Lipinski definition) is 6. The van der Waals surface area contributed by atoms with E-state index in [0.717, 1.165) is 0 Å². The van der Waals surface area contributed by atoms with Crippen LogP contribution in [0.2, 0.25) is 0 Å². The van der Waals surface area contributed by atoms with Gasteiger partial charge < -0.3 is 18.9 Å². The van der Waals surface area contributed by atoms with Gasteiger partial charge in [0, 0.05) is 5.56 Å². The van der Waals surface area contributed by atoms with Crippen molar-refractivity contribution in [2.45, 2.75) is 26.9 Å². The summed E-state index contributed by atoms with van der Waals surface area (Å²) >= 11 is 0. The molecule has 6 heteroatoms. The highest BCUT2D eigenvalue weighted by Crippen LogP contribution is 2.35. The van der Waals surface area contributed by atoms with E-state index in [9.17, 15) is 9.59 Å². The molecule has 0 aliphatic carbocycles. The van der Waals surface area contributed by atoms with E-state index < -0.39 is 5.97 Å². The molecule has 0 atom stereocenters. The number of hydrogen-bond donors (Lipinski definition) is 0. The van der Waals surface area contributed by atoms with Crippen molar-refractivity contribution in [1.82, 2.24) is 0 Å². The Morgan fingerprint density at radius 2 is 1.96 bits per heavy atom. The van der Waals surface area contributed by atoms with Crippen LogP contribution in [0.1, 0.15) is 47.1 Å². The normalized spacial score (nSPS) is 14.0. The van der Waals surface area contributed by atoms with E-state index in [4.69, 9.17) is 18.9 Å². The fourth-order valence-corrected chi connectivity index (χ4v) is 2.80. The van der Waals surface area contributed by atoms with Crippen molar-refractivity contribution < 1.29 is 28.5 Å². The maximum atomic E-state index is 12.8. The third-order valence-electron chi connectivity index (χ3n) is 4.05. The second-order valence-electron chi connectivity index (χ2n) is 6.44. The van der Waals surface area contributed by atoms with Crippen molar-refractivity contribution in [3.05, 3.63) is 58.8 Å². The minimum absolute atomic E-state index is 0.0323. The van der Waals surface area contributed by atoms with Crippen LogP contribution < -0.4 is 14.2 Å². The molecular weight excluding hydrogens is 360 g/mol. The summed E-state index contributed by atoms with van der Waals surface area (Å²) < 4.78 is 21.8. The molecule has 28 heavy (non-hydrogen) atoms. The molecule has 0 spiro atoms. The molecule has 1 aliphatic heterocycles. The Bertz CT molecular complexity index is 942. The number of carbonyl (C=O) groups is 2. The van der Waals surface area contributed by atoms with Crippen molar-refractivity contribution in [3.8, 4) is 17.2 Å². The molecule has 146 valence electrons. The van der Waals surface area contributed by atoms with Crippen molar-refractivity contribution in [2.75, 3.05) is 13.7 Å². The van der Waals surface area contributed by atoms with Crippen LogP contribution >= 0.6 is 0 Å². The van der Waals surface area contributed by atoms with Gasteiger partial charge in [-0.2, -0.15) is 0 Å². The molecule has 0 bridgehead atoms. The van der Waals surface area contributed by atoms with Crippen LogP contribution in [-0.4, -0.2) is 31.6 Å². The van der Waals surface area contributed by atoms with Crippen LogP contribution in [0.3, 0.4) is 0 Å². The van der Waals surface area contributed by atoms with Gasteiger partial charge in [0.05, 0.1) is 30.9 Å². The van der Waals surface area contributed by atoms with E-state index in [0.29, 0.717) is 33.9 Å². The molecule has 0 aromatic heterocycles. The summed E-state index contributed by atoms with van der Waals surface area (Å²) in [4.78, 5) is 24.7. The zero-order chi connectivity index (χ0) is 20.3. The molecule has 0 radical (unpaired) electrons. The largest absolute Gasteiger partial charge is 0.497 e. The molecule has 0 saturated heterocycles. The highest BCUT2D eigenvalue weighted by molar-refractivity contribution is 6.15. The van der Waals surface area contributed by atoms with Crippen LogP contribution in [0, 0.1) is 0 Å². The molecule has 0 saturated carbocycles. The number of allylic oxidation sites excluding steroid dienone is 1. The van der Waals surface area contributed by atoms with Gasteiger partial charge in [-0.05, 0) is 63.2 Å². The zero-order valence-corrected chi connectivity index (χ0v) is 16.3. The van der Waals surface area contributed by atoms with Gasteiger partial charge in [0.15, 0.2) is 5.76 Å². The Morgan fingerprint density at radius 1 is 1.18 bits per heavy atom. The lowest BCUT2D eigenvalue weighted by Crippen LogP contribution is -2.07. The van der Waals surface area contributed by atoms with Crippen LogP contribution in [0.15, 0.2) is 42.2 Å². The smallest absolute Gasteiger partial charge is 0.338 e. The predicted octanol–water partition coefficient (Wildman–Crippen LogP) is 4.28. The standard InChI is InChI=1S/C22H22O6/c1-5-26-22(24)14-6-8-19-17(11-14)21(23)20(28-19)12-15-10-16(25-4)7-9-18(15)27-13(2)3/h6-13H,5H2,1-4H3. The number of fused-ring (bicyclic) bond motifs is 1. The maximum Gasteiger partial charge on any atom is 0.338 e. The minimum atomic E-state index is -0.476. The summed E-state index contributed by atoms with van der Waals surface area (Å²) in [6.07, 6.45) is 1.59. The highest BCUT2D eigenvalue weighted by atomic mass is 16.5. The first-order chi connectivity index (χ1) is 13.4. The predicted molar refractivity (Wildman–Crippen MR) is 104 cm³/mol. The topological polar surface area (TPSA) is 71.1 Å². The number of esters is 1. The summed E-state index contributed by atoms with van der Waals surface area (Å²) in [6, 6.07) is 10.0. The van der Waals surface area contributed by atoms with Crippen molar-refractivity contribution in [1.29, 1.82) is 0 Å². The zero-order valence-electron chi connectivity index (χ0n) is 16.3. The van der Waals surface area contributed by atoms with Crippen molar-refractivity contribution >= 4 is 17.8 Å². The molecule has 0 amide bonds. The molecule has 1 heterocycles. The van der Waals surface area contributed by atoms with Gasteiger partial charge in [-0.15, -0.1) is 0 Å². The Hall–Kier alpha value is -3.28. The summed E-state index contributed by atoms with van der Waals surface area (Å²) in [6.45, 7) is 5.83. The van der Waals surface area contributed by atoms with Gasteiger partial charge in [-0.25, -0.2) is 4.79 Å². The number of rotatable bonds is 6. The number of ketones is 1. The number of carbonyl (C=O) groups excluding carboxylic acids is 2. The lowest BCUT2D eigenvalue weighted by molar-refractivity contribution is 0.0526. The van der Waals surface area contributed by atoms with Gasteiger partial charge >= 0.3 is 5.97 Å².